The number of carbonyl (C=O) groups is 2. The van der Waals surface area contributed by atoms with Crippen molar-refractivity contribution in [3.05, 3.63) is 41.3 Å². The summed E-state index contributed by atoms with van der Waals surface area (Å²) < 4.78 is 34.0. The maximum atomic E-state index is 13.3. The highest BCUT2D eigenvalue weighted by Gasteiger charge is 2.34. The van der Waals surface area contributed by atoms with Crippen molar-refractivity contribution < 1.29 is 27.9 Å². The lowest BCUT2D eigenvalue weighted by atomic mass is 10.0. The first kappa shape index (κ1) is 26.6. The monoisotopic (exact) mass is 535 g/mol. The van der Waals surface area contributed by atoms with Gasteiger partial charge in [0.15, 0.2) is 0 Å². The van der Waals surface area contributed by atoms with Gasteiger partial charge in [-0.15, -0.1) is 11.3 Å². The van der Waals surface area contributed by atoms with Crippen LogP contribution in [0.3, 0.4) is 0 Å². The zero-order chi connectivity index (χ0) is 26.0. The molecule has 1 aliphatic heterocycles. The molecule has 2 aliphatic rings. The first-order valence-corrected chi connectivity index (χ1v) is 14.4. The third kappa shape index (κ3) is 5.91. The highest BCUT2D eigenvalue weighted by atomic mass is 32.2. The van der Waals surface area contributed by atoms with Gasteiger partial charge >= 0.3 is 0 Å². The molecule has 0 radical (unpaired) electrons. The lowest BCUT2D eigenvalue weighted by Crippen LogP contribution is -2.48. The average molecular weight is 536 g/mol. The van der Waals surface area contributed by atoms with Crippen LogP contribution in [0, 0.1) is 11.8 Å². The molecule has 0 unspecified atom stereocenters. The van der Waals surface area contributed by atoms with Gasteiger partial charge in [-0.25, -0.2) is 8.42 Å². The second kappa shape index (κ2) is 10.9. The van der Waals surface area contributed by atoms with E-state index in [9.17, 15) is 23.1 Å². The van der Waals surface area contributed by atoms with Gasteiger partial charge in [0.1, 0.15) is 16.1 Å². The fraction of sp³-hybridized carbons (Fsp3) is 0.520. The van der Waals surface area contributed by atoms with Gasteiger partial charge in [-0.3, -0.25) is 9.59 Å². The van der Waals surface area contributed by atoms with E-state index in [2.05, 4.69) is 5.32 Å². The lowest BCUT2D eigenvalue weighted by molar-refractivity contribution is -0.134. The van der Waals surface area contributed by atoms with Crippen molar-refractivity contribution in [3.8, 4) is 5.75 Å². The second-order valence-corrected chi connectivity index (χ2v) is 12.9. The zero-order valence-electron chi connectivity index (χ0n) is 20.7. The van der Waals surface area contributed by atoms with Crippen molar-refractivity contribution in [2.75, 3.05) is 32.1 Å². The van der Waals surface area contributed by atoms with E-state index in [0.29, 0.717) is 23.5 Å². The summed E-state index contributed by atoms with van der Waals surface area (Å²) in [6.45, 7) is 3.88. The Morgan fingerprint density at radius 1 is 1.33 bits per heavy atom. The number of hydrogen-bond donors (Lipinski definition) is 2. The van der Waals surface area contributed by atoms with Crippen LogP contribution in [0.4, 0.5) is 5.69 Å². The van der Waals surface area contributed by atoms with Gasteiger partial charge in [-0.2, -0.15) is 4.31 Å². The number of ether oxygens (including phenoxy) is 1. The van der Waals surface area contributed by atoms with Crippen LogP contribution in [-0.2, 0) is 26.0 Å². The number of rotatable bonds is 8. The SMILES string of the molecule is C[C@H](CO)N1C[C@H](C)[C@H](CN(C)S(=O)(=O)c2cccs2)Oc2ccc(NC(=O)C3CC3)cc2CC1=O. The standard InChI is InChI=1S/C25H33N3O6S2/c1-16-13-28(17(2)15-29)23(30)12-19-11-20(26-25(31)18-6-7-18)8-9-21(19)34-22(16)14-27(3)36(32,33)24-5-4-10-35-24/h4-5,8-11,16-18,22,29H,6-7,12-15H2,1-3H3,(H,26,31)/t16-,17+,22-/m0/s1. The number of thiophene rings is 1. The van der Waals surface area contributed by atoms with Gasteiger partial charge < -0.3 is 20.1 Å². The topological polar surface area (TPSA) is 116 Å². The number of benzene rings is 1. The summed E-state index contributed by atoms with van der Waals surface area (Å²) in [4.78, 5) is 27.2. The number of fused-ring (bicyclic) bond motifs is 1. The van der Waals surface area contributed by atoms with Crippen LogP contribution in [0.25, 0.3) is 0 Å². The van der Waals surface area contributed by atoms with Crippen LogP contribution in [0.2, 0.25) is 0 Å². The molecule has 2 heterocycles. The Morgan fingerprint density at radius 3 is 2.72 bits per heavy atom. The van der Waals surface area contributed by atoms with Crippen LogP contribution in [0.1, 0.15) is 32.3 Å². The molecule has 11 heteroatoms. The minimum atomic E-state index is -3.69. The van der Waals surface area contributed by atoms with E-state index >= 15 is 0 Å². The Labute approximate surface area is 216 Å². The molecule has 0 saturated heterocycles. The summed E-state index contributed by atoms with van der Waals surface area (Å²) in [5.74, 6) is 0.0843. The van der Waals surface area contributed by atoms with Crippen LogP contribution < -0.4 is 10.1 Å². The van der Waals surface area contributed by atoms with Gasteiger partial charge in [0.05, 0.1) is 25.6 Å². The van der Waals surface area contributed by atoms with E-state index < -0.39 is 22.2 Å². The number of hydrogen-bond acceptors (Lipinski definition) is 7. The predicted octanol–water partition coefficient (Wildman–Crippen LogP) is 2.57. The maximum absolute atomic E-state index is 13.3. The van der Waals surface area contributed by atoms with Crippen molar-refractivity contribution >= 4 is 38.9 Å². The third-order valence-corrected chi connectivity index (χ3v) is 9.93. The third-order valence-electron chi connectivity index (χ3n) is 6.73. The molecule has 1 aromatic heterocycles. The Kier molecular flexibility index (Phi) is 8.03. The van der Waals surface area contributed by atoms with Crippen molar-refractivity contribution in [2.24, 2.45) is 11.8 Å². The fourth-order valence-electron chi connectivity index (χ4n) is 4.23. The Balaban J connectivity index is 1.64. The molecule has 196 valence electrons. The molecule has 3 atom stereocenters. The summed E-state index contributed by atoms with van der Waals surface area (Å²) in [7, 11) is -2.17. The van der Waals surface area contributed by atoms with Gasteiger partial charge in [0.2, 0.25) is 11.8 Å². The molecule has 1 aromatic carbocycles. The molecule has 1 aliphatic carbocycles. The molecule has 1 fully saturated rings. The van der Waals surface area contributed by atoms with E-state index in [1.54, 1.807) is 47.5 Å². The second-order valence-electron chi connectivity index (χ2n) is 9.69. The molecule has 4 rings (SSSR count). The van der Waals surface area contributed by atoms with E-state index in [4.69, 9.17) is 4.74 Å². The predicted molar refractivity (Wildman–Crippen MR) is 137 cm³/mol. The van der Waals surface area contributed by atoms with Crippen LogP contribution in [-0.4, -0.2) is 73.4 Å². The minimum absolute atomic E-state index is 0.0345. The first-order valence-electron chi connectivity index (χ1n) is 12.1. The Bertz CT molecular complexity index is 1200. The number of carbonyl (C=O) groups excluding carboxylic acids is 2. The molecular formula is C25H33N3O6S2. The van der Waals surface area contributed by atoms with Gasteiger partial charge in [-0.05, 0) is 49.4 Å². The molecule has 0 spiro atoms. The molecule has 9 nitrogen and oxygen atoms in total. The van der Waals surface area contributed by atoms with E-state index in [1.165, 1.54) is 11.4 Å². The summed E-state index contributed by atoms with van der Waals surface area (Å²) in [5.41, 5.74) is 1.19. The Hall–Kier alpha value is -2.47. The first-order chi connectivity index (χ1) is 17.1. The number of aliphatic hydroxyl groups is 1. The van der Waals surface area contributed by atoms with Gasteiger partial charge in [0.25, 0.3) is 10.0 Å². The number of anilines is 1. The Morgan fingerprint density at radius 2 is 2.08 bits per heavy atom. The summed E-state index contributed by atoms with van der Waals surface area (Å²) in [6, 6.07) is 8.06. The summed E-state index contributed by atoms with van der Waals surface area (Å²) in [5, 5.41) is 14.4. The quantitative estimate of drug-likeness (QED) is 0.537. The number of likely N-dealkylation sites (N-methyl/N-ethyl adjacent to an activating group) is 1. The molecule has 2 N–H and O–H groups in total. The van der Waals surface area contributed by atoms with E-state index in [0.717, 1.165) is 24.2 Å². The molecule has 2 aromatic rings. The average Bonchev–Trinajstić information content (AvgIpc) is 3.54. The van der Waals surface area contributed by atoms with Crippen molar-refractivity contribution in [3.63, 3.8) is 0 Å². The molecular weight excluding hydrogens is 502 g/mol. The summed E-state index contributed by atoms with van der Waals surface area (Å²) in [6.07, 6.45) is 1.24. The number of aliphatic hydroxyl groups excluding tert-OH is 1. The van der Waals surface area contributed by atoms with Crippen LogP contribution in [0.15, 0.2) is 39.9 Å². The summed E-state index contributed by atoms with van der Waals surface area (Å²) >= 11 is 1.16. The van der Waals surface area contributed by atoms with Crippen molar-refractivity contribution in [1.82, 2.24) is 9.21 Å². The number of nitrogens with one attached hydrogen (secondary N) is 1. The zero-order valence-corrected chi connectivity index (χ0v) is 22.3. The maximum Gasteiger partial charge on any atom is 0.252 e. The van der Waals surface area contributed by atoms with Crippen molar-refractivity contribution in [1.29, 1.82) is 0 Å². The van der Waals surface area contributed by atoms with Crippen LogP contribution >= 0.6 is 11.3 Å². The molecule has 1 saturated carbocycles. The fourth-order valence-corrected chi connectivity index (χ4v) is 6.61. The van der Waals surface area contributed by atoms with E-state index in [-0.39, 0.29) is 47.4 Å². The number of amides is 2. The highest BCUT2D eigenvalue weighted by Crippen LogP contribution is 2.33. The molecule has 36 heavy (non-hydrogen) atoms. The van der Waals surface area contributed by atoms with Gasteiger partial charge in [-0.1, -0.05) is 13.0 Å². The number of nitrogens with zero attached hydrogens (tertiary/aromatic N) is 2. The largest absolute Gasteiger partial charge is 0.488 e. The number of sulfonamides is 1. The highest BCUT2D eigenvalue weighted by molar-refractivity contribution is 7.91. The molecule has 0 bridgehead atoms. The smallest absolute Gasteiger partial charge is 0.252 e. The minimum Gasteiger partial charge on any atom is -0.488 e. The van der Waals surface area contributed by atoms with E-state index in [1.807, 2.05) is 6.92 Å². The molecule has 2 amide bonds. The van der Waals surface area contributed by atoms with Crippen LogP contribution in [0.5, 0.6) is 5.75 Å². The lowest BCUT2D eigenvalue weighted by Gasteiger charge is -2.33. The van der Waals surface area contributed by atoms with Crippen molar-refractivity contribution in [2.45, 2.75) is 49.5 Å². The van der Waals surface area contributed by atoms with Gasteiger partial charge in [0, 0.05) is 36.7 Å². The normalized spacial score (nSPS) is 21.7.